The second kappa shape index (κ2) is 6.98. The first-order chi connectivity index (χ1) is 6.83. The second-order valence-electron chi connectivity index (χ2n) is 3.48. The SMILES string of the molecule is CCC(O)CCNCCc1ccsc1. The minimum atomic E-state index is -0.136. The van der Waals surface area contributed by atoms with E-state index in [2.05, 4.69) is 22.1 Å². The Bertz CT molecular complexity index is 223. The Hall–Kier alpha value is -0.380. The molecule has 14 heavy (non-hydrogen) atoms. The van der Waals surface area contributed by atoms with Crippen molar-refractivity contribution < 1.29 is 5.11 Å². The van der Waals surface area contributed by atoms with Gasteiger partial charge in [-0.2, -0.15) is 11.3 Å². The molecule has 2 nitrogen and oxygen atoms in total. The zero-order chi connectivity index (χ0) is 10.2. The summed E-state index contributed by atoms with van der Waals surface area (Å²) in [7, 11) is 0. The summed E-state index contributed by atoms with van der Waals surface area (Å²) in [4.78, 5) is 0. The maximum Gasteiger partial charge on any atom is 0.0549 e. The van der Waals surface area contributed by atoms with Crippen LogP contribution in [0.1, 0.15) is 25.3 Å². The third-order valence-electron chi connectivity index (χ3n) is 2.30. The quantitative estimate of drug-likeness (QED) is 0.679. The average Bonchev–Trinajstić information content (AvgIpc) is 2.69. The van der Waals surface area contributed by atoms with Gasteiger partial charge in [0.25, 0.3) is 0 Å². The summed E-state index contributed by atoms with van der Waals surface area (Å²) in [5, 5.41) is 16.9. The Morgan fingerprint density at radius 2 is 2.36 bits per heavy atom. The predicted octanol–water partition coefficient (Wildman–Crippen LogP) is 2.04. The molecule has 0 aliphatic carbocycles. The molecule has 0 aromatic carbocycles. The monoisotopic (exact) mass is 213 g/mol. The minimum Gasteiger partial charge on any atom is -0.393 e. The Morgan fingerprint density at radius 3 is 3.00 bits per heavy atom. The van der Waals surface area contributed by atoms with Gasteiger partial charge < -0.3 is 10.4 Å². The zero-order valence-corrected chi connectivity index (χ0v) is 9.52. The summed E-state index contributed by atoms with van der Waals surface area (Å²) >= 11 is 1.74. The van der Waals surface area contributed by atoms with Gasteiger partial charge in [-0.1, -0.05) is 6.92 Å². The van der Waals surface area contributed by atoms with E-state index in [1.807, 2.05) is 6.92 Å². The zero-order valence-electron chi connectivity index (χ0n) is 8.70. The van der Waals surface area contributed by atoms with E-state index >= 15 is 0 Å². The van der Waals surface area contributed by atoms with Crippen molar-refractivity contribution in [3.63, 3.8) is 0 Å². The lowest BCUT2D eigenvalue weighted by molar-refractivity contribution is 0.160. The molecule has 0 saturated heterocycles. The fourth-order valence-electron chi connectivity index (χ4n) is 1.27. The topological polar surface area (TPSA) is 32.3 Å². The van der Waals surface area contributed by atoms with Gasteiger partial charge >= 0.3 is 0 Å². The largest absolute Gasteiger partial charge is 0.393 e. The Labute approximate surface area is 90.0 Å². The molecule has 1 aromatic rings. The Morgan fingerprint density at radius 1 is 1.50 bits per heavy atom. The van der Waals surface area contributed by atoms with Crippen LogP contribution in [0.5, 0.6) is 0 Å². The molecular weight excluding hydrogens is 194 g/mol. The van der Waals surface area contributed by atoms with Crippen molar-refractivity contribution in [2.45, 2.75) is 32.3 Å². The van der Waals surface area contributed by atoms with Crippen LogP contribution in [0.3, 0.4) is 0 Å². The summed E-state index contributed by atoms with van der Waals surface area (Å²) in [6.07, 6.45) is 2.67. The molecular formula is C11H19NOS. The summed E-state index contributed by atoms with van der Waals surface area (Å²) < 4.78 is 0. The minimum absolute atomic E-state index is 0.136. The van der Waals surface area contributed by atoms with Crippen LogP contribution >= 0.6 is 11.3 Å². The highest BCUT2D eigenvalue weighted by molar-refractivity contribution is 7.07. The molecule has 0 bridgehead atoms. The van der Waals surface area contributed by atoms with Crippen LogP contribution < -0.4 is 5.32 Å². The van der Waals surface area contributed by atoms with E-state index in [0.29, 0.717) is 0 Å². The fraction of sp³-hybridized carbons (Fsp3) is 0.636. The van der Waals surface area contributed by atoms with Crippen LogP contribution in [0.4, 0.5) is 0 Å². The van der Waals surface area contributed by atoms with Gasteiger partial charge in [0, 0.05) is 0 Å². The molecule has 0 aliphatic heterocycles. The van der Waals surface area contributed by atoms with Gasteiger partial charge in [-0.05, 0) is 54.7 Å². The van der Waals surface area contributed by atoms with Gasteiger partial charge in [-0.15, -0.1) is 0 Å². The second-order valence-corrected chi connectivity index (χ2v) is 4.26. The lowest BCUT2D eigenvalue weighted by Gasteiger charge is -2.07. The van der Waals surface area contributed by atoms with Gasteiger partial charge in [-0.3, -0.25) is 0 Å². The number of hydrogen-bond acceptors (Lipinski definition) is 3. The number of hydrogen-bond donors (Lipinski definition) is 2. The summed E-state index contributed by atoms with van der Waals surface area (Å²) in [6.45, 7) is 3.93. The first kappa shape index (κ1) is 11.7. The molecule has 1 atom stereocenters. The molecule has 0 amide bonds. The standard InChI is InChI=1S/C11H19NOS/c1-2-11(13)4-7-12-6-3-10-5-8-14-9-10/h5,8-9,11-13H,2-4,6-7H2,1H3. The first-order valence-electron chi connectivity index (χ1n) is 5.22. The van der Waals surface area contributed by atoms with Gasteiger partial charge in [0.05, 0.1) is 6.10 Å². The molecule has 1 aromatic heterocycles. The van der Waals surface area contributed by atoms with Gasteiger partial charge in [0.1, 0.15) is 0 Å². The Balaban J connectivity index is 1.95. The van der Waals surface area contributed by atoms with Crippen molar-refractivity contribution in [2.75, 3.05) is 13.1 Å². The molecule has 80 valence electrons. The highest BCUT2D eigenvalue weighted by Crippen LogP contribution is 2.05. The van der Waals surface area contributed by atoms with E-state index in [9.17, 15) is 5.11 Å². The summed E-state index contributed by atoms with van der Waals surface area (Å²) in [5.41, 5.74) is 1.40. The van der Waals surface area contributed by atoms with E-state index in [0.717, 1.165) is 32.4 Å². The molecule has 0 fully saturated rings. The third-order valence-corrected chi connectivity index (χ3v) is 3.03. The smallest absolute Gasteiger partial charge is 0.0549 e. The van der Waals surface area contributed by atoms with Crippen LogP contribution in [0, 0.1) is 0 Å². The first-order valence-corrected chi connectivity index (χ1v) is 6.17. The number of rotatable bonds is 7. The molecule has 1 heterocycles. The van der Waals surface area contributed by atoms with Crippen molar-refractivity contribution in [2.24, 2.45) is 0 Å². The number of nitrogens with one attached hydrogen (secondary N) is 1. The maximum atomic E-state index is 9.30. The van der Waals surface area contributed by atoms with Crippen molar-refractivity contribution in [3.8, 4) is 0 Å². The van der Waals surface area contributed by atoms with Crippen LogP contribution in [-0.4, -0.2) is 24.3 Å². The molecule has 0 aliphatic rings. The lowest BCUT2D eigenvalue weighted by Crippen LogP contribution is -2.22. The van der Waals surface area contributed by atoms with Crippen LogP contribution in [0.15, 0.2) is 16.8 Å². The molecule has 0 saturated carbocycles. The average molecular weight is 213 g/mol. The van der Waals surface area contributed by atoms with Crippen LogP contribution in [0.25, 0.3) is 0 Å². The summed E-state index contributed by atoms with van der Waals surface area (Å²) in [5.74, 6) is 0. The summed E-state index contributed by atoms with van der Waals surface area (Å²) in [6, 6.07) is 2.16. The van der Waals surface area contributed by atoms with Gasteiger partial charge in [-0.25, -0.2) is 0 Å². The lowest BCUT2D eigenvalue weighted by atomic mass is 10.2. The van der Waals surface area contributed by atoms with Crippen LogP contribution in [-0.2, 0) is 6.42 Å². The Kier molecular flexibility index (Phi) is 5.83. The molecule has 3 heteroatoms. The van der Waals surface area contributed by atoms with Crippen molar-refractivity contribution in [1.29, 1.82) is 0 Å². The highest BCUT2D eigenvalue weighted by atomic mass is 32.1. The van der Waals surface area contributed by atoms with Crippen molar-refractivity contribution >= 4 is 11.3 Å². The van der Waals surface area contributed by atoms with E-state index < -0.39 is 0 Å². The molecule has 1 rings (SSSR count). The fourth-order valence-corrected chi connectivity index (χ4v) is 1.97. The van der Waals surface area contributed by atoms with Crippen LogP contribution in [0.2, 0.25) is 0 Å². The van der Waals surface area contributed by atoms with E-state index in [-0.39, 0.29) is 6.10 Å². The van der Waals surface area contributed by atoms with Gasteiger partial charge in [0.15, 0.2) is 0 Å². The normalized spacial score (nSPS) is 13.0. The molecule has 0 radical (unpaired) electrons. The number of aliphatic hydroxyl groups is 1. The van der Waals surface area contributed by atoms with E-state index in [4.69, 9.17) is 0 Å². The maximum absolute atomic E-state index is 9.30. The molecule has 1 unspecified atom stereocenters. The number of aliphatic hydroxyl groups excluding tert-OH is 1. The number of thiophene rings is 1. The predicted molar refractivity (Wildman–Crippen MR) is 61.8 cm³/mol. The molecule has 2 N–H and O–H groups in total. The van der Waals surface area contributed by atoms with Gasteiger partial charge in [0.2, 0.25) is 0 Å². The third kappa shape index (κ3) is 4.74. The van der Waals surface area contributed by atoms with Crippen molar-refractivity contribution in [3.05, 3.63) is 22.4 Å². The van der Waals surface area contributed by atoms with E-state index in [1.165, 1.54) is 5.56 Å². The highest BCUT2D eigenvalue weighted by Gasteiger charge is 1.99. The molecule has 0 spiro atoms. The van der Waals surface area contributed by atoms with E-state index in [1.54, 1.807) is 11.3 Å². The van der Waals surface area contributed by atoms with Crippen molar-refractivity contribution in [1.82, 2.24) is 5.32 Å².